The molecule has 1 aromatic carbocycles. The molecule has 1 heterocycles. The van der Waals surface area contributed by atoms with Gasteiger partial charge in [-0.05, 0) is 24.6 Å². The molecule has 0 unspecified atom stereocenters. The Morgan fingerprint density at radius 1 is 1.12 bits per heavy atom. The van der Waals surface area contributed by atoms with Gasteiger partial charge in [0.2, 0.25) is 0 Å². The normalized spacial score (nSPS) is 10.8. The van der Waals surface area contributed by atoms with E-state index in [0.717, 1.165) is 0 Å². The van der Waals surface area contributed by atoms with Gasteiger partial charge in [-0.3, -0.25) is 0 Å². The number of hydrogen-bond acceptors (Lipinski definition) is 3. The topological polar surface area (TPSA) is 37.6 Å². The summed E-state index contributed by atoms with van der Waals surface area (Å²) in [5, 5.41) is 8.16. The highest BCUT2D eigenvalue weighted by Gasteiger charge is 1.91. The predicted molar refractivity (Wildman–Crippen MR) is 63.6 cm³/mol. The van der Waals surface area contributed by atoms with Gasteiger partial charge in [-0.25, -0.2) is 4.98 Å². The summed E-state index contributed by atoms with van der Waals surface area (Å²) in [6, 6.07) is 13.8. The summed E-state index contributed by atoms with van der Waals surface area (Å²) in [4.78, 5) is 4.07. The predicted octanol–water partition coefficient (Wildman–Crippen LogP) is 3.67. The lowest BCUT2D eigenvalue weighted by Crippen LogP contribution is -1.81. The number of nitrogens with zero attached hydrogens (tertiary/aromatic N) is 3. The Morgan fingerprint density at radius 2 is 2.06 bits per heavy atom. The van der Waals surface area contributed by atoms with E-state index in [1.807, 2.05) is 30.3 Å². The smallest absolute Gasteiger partial charge is 0.173 e. The minimum Gasteiger partial charge on any atom is -0.236 e. The zero-order chi connectivity index (χ0) is 11.2. The molecule has 0 spiro atoms. The summed E-state index contributed by atoms with van der Waals surface area (Å²) < 4.78 is 0. The van der Waals surface area contributed by atoms with Crippen LogP contribution in [0.5, 0.6) is 0 Å². The van der Waals surface area contributed by atoms with Crippen LogP contribution in [0.25, 0.3) is 0 Å². The van der Waals surface area contributed by atoms with Gasteiger partial charge in [-0.1, -0.05) is 35.9 Å². The molecule has 80 valence electrons. The highest BCUT2D eigenvalue weighted by atomic mass is 15.1. The van der Waals surface area contributed by atoms with Gasteiger partial charge in [0, 0.05) is 6.20 Å². The molecule has 3 heteroatoms. The standard InChI is InChI=1S/C13H13N3/c1-11-5-4-6-12(9-11)10-15-16-13-7-2-3-8-14-13/h2-9H,10H2,1H3. The van der Waals surface area contributed by atoms with E-state index in [-0.39, 0.29) is 0 Å². The molecule has 0 saturated heterocycles. The maximum absolute atomic E-state index is 4.12. The third-order valence-electron chi connectivity index (χ3n) is 2.16. The van der Waals surface area contributed by atoms with Crippen LogP contribution in [0.3, 0.4) is 0 Å². The Labute approximate surface area is 94.9 Å². The van der Waals surface area contributed by atoms with Crippen molar-refractivity contribution in [3.63, 3.8) is 0 Å². The van der Waals surface area contributed by atoms with Crippen LogP contribution in [0.4, 0.5) is 5.82 Å². The first-order chi connectivity index (χ1) is 7.84. The van der Waals surface area contributed by atoms with Gasteiger partial charge >= 0.3 is 0 Å². The number of pyridine rings is 1. The molecule has 0 atom stereocenters. The van der Waals surface area contributed by atoms with Gasteiger partial charge in [0.05, 0.1) is 6.54 Å². The molecule has 2 aromatic rings. The van der Waals surface area contributed by atoms with Crippen LogP contribution in [0.2, 0.25) is 0 Å². The second kappa shape index (κ2) is 5.16. The summed E-state index contributed by atoms with van der Waals surface area (Å²) in [5.74, 6) is 0.648. The first kappa shape index (κ1) is 10.5. The van der Waals surface area contributed by atoms with E-state index >= 15 is 0 Å². The molecule has 0 aliphatic heterocycles. The molecular formula is C13H13N3. The monoisotopic (exact) mass is 211 g/mol. The summed E-state index contributed by atoms with van der Waals surface area (Å²) >= 11 is 0. The average molecular weight is 211 g/mol. The number of benzene rings is 1. The Kier molecular flexibility index (Phi) is 3.38. The first-order valence-electron chi connectivity index (χ1n) is 5.19. The van der Waals surface area contributed by atoms with Crippen molar-refractivity contribution in [3.05, 3.63) is 59.8 Å². The molecule has 0 saturated carbocycles. The van der Waals surface area contributed by atoms with Gasteiger partial charge in [0.1, 0.15) is 0 Å². The summed E-state index contributed by atoms with van der Waals surface area (Å²) in [6.07, 6.45) is 1.71. The number of rotatable bonds is 3. The Bertz CT molecular complexity index is 478. The fraction of sp³-hybridized carbons (Fsp3) is 0.154. The van der Waals surface area contributed by atoms with Crippen molar-refractivity contribution in [1.29, 1.82) is 0 Å². The molecule has 0 aliphatic rings. The van der Waals surface area contributed by atoms with Crippen LogP contribution < -0.4 is 0 Å². The third-order valence-corrected chi connectivity index (χ3v) is 2.16. The number of aryl methyl sites for hydroxylation is 1. The SMILES string of the molecule is Cc1cccc(CN=Nc2ccccn2)c1. The van der Waals surface area contributed by atoms with E-state index in [2.05, 4.69) is 34.3 Å². The van der Waals surface area contributed by atoms with E-state index in [1.165, 1.54) is 11.1 Å². The van der Waals surface area contributed by atoms with Gasteiger partial charge in [-0.2, -0.15) is 5.11 Å². The minimum atomic E-state index is 0.595. The molecule has 0 N–H and O–H groups in total. The molecule has 0 bridgehead atoms. The Morgan fingerprint density at radius 3 is 2.81 bits per heavy atom. The molecule has 0 aliphatic carbocycles. The van der Waals surface area contributed by atoms with Crippen molar-refractivity contribution in [2.24, 2.45) is 10.2 Å². The molecule has 0 radical (unpaired) electrons. The number of azo groups is 1. The molecule has 0 fully saturated rings. The fourth-order valence-corrected chi connectivity index (χ4v) is 1.41. The summed E-state index contributed by atoms with van der Waals surface area (Å²) in [6.45, 7) is 2.66. The van der Waals surface area contributed by atoms with E-state index in [4.69, 9.17) is 0 Å². The molecule has 1 aromatic heterocycles. The van der Waals surface area contributed by atoms with Gasteiger partial charge in [0.15, 0.2) is 5.82 Å². The van der Waals surface area contributed by atoms with E-state index in [9.17, 15) is 0 Å². The highest BCUT2D eigenvalue weighted by Crippen LogP contribution is 2.09. The summed E-state index contributed by atoms with van der Waals surface area (Å²) in [5.41, 5.74) is 2.41. The van der Waals surface area contributed by atoms with Crippen LogP contribution >= 0.6 is 0 Å². The van der Waals surface area contributed by atoms with Gasteiger partial charge < -0.3 is 0 Å². The van der Waals surface area contributed by atoms with E-state index < -0.39 is 0 Å². The largest absolute Gasteiger partial charge is 0.236 e. The van der Waals surface area contributed by atoms with Crippen molar-refractivity contribution >= 4 is 5.82 Å². The van der Waals surface area contributed by atoms with Crippen molar-refractivity contribution in [1.82, 2.24) is 4.98 Å². The second-order valence-electron chi connectivity index (χ2n) is 3.58. The Hall–Kier alpha value is -2.03. The van der Waals surface area contributed by atoms with Crippen LogP contribution in [0.1, 0.15) is 11.1 Å². The molecule has 3 nitrogen and oxygen atoms in total. The van der Waals surface area contributed by atoms with Crippen LogP contribution in [-0.4, -0.2) is 4.98 Å². The number of hydrogen-bond donors (Lipinski definition) is 0. The van der Waals surface area contributed by atoms with Crippen molar-refractivity contribution in [2.45, 2.75) is 13.5 Å². The maximum atomic E-state index is 4.12. The first-order valence-corrected chi connectivity index (χ1v) is 5.19. The molecule has 0 amide bonds. The van der Waals surface area contributed by atoms with E-state index in [1.54, 1.807) is 6.20 Å². The molecular weight excluding hydrogens is 198 g/mol. The third kappa shape index (κ3) is 2.98. The average Bonchev–Trinajstić information content (AvgIpc) is 2.30. The Balaban J connectivity index is 2.00. The van der Waals surface area contributed by atoms with Crippen molar-refractivity contribution in [2.75, 3.05) is 0 Å². The van der Waals surface area contributed by atoms with Crippen LogP contribution in [0, 0.1) is 6.92 Å². The quantitative estimate of drug-likeness (QED) is 0.713. The maximum Gasteiger partial charge on any atom is 0.173 e. The zero-order valence-corrected chi connectivity index (χ0v) is 9.17. The lowest BCUT2D eigenvalue weighted by atomic mass is 10.1. The second-order valence-corrected chi connectivity index (χ2v) is 3.58. The van der Waals surface area contributed by atoms with Crippen molar-refractivity contribution in [3.8, 4) is 0 Å². The zero-order valence-electron chi connectivity index (χ0n) is 9.17. The van der Waals surface area contributed by atoms with Gasteiger partial charge in [0.25, 0.3) is 0 Å². The number of aromatic nitrogens is 1. The molecule has 16 heavy (non-hydrogen) atoms. The lowest BCUT2D eigenvalue weighted by Gasteiger charge is -1.96. The van der Waals surface area contributed by atoms with Crippen LogP contribution in [0.15, 0.2) is 58.9 Å². The van der Waals surface area contributed by atoms with Crippen molar-refractivity contribution < 1.29 is 0 Å². The van der Waals surface area contributed by atoms with Crippen LogP contribution in [-0.2, 0) is 6.54 Å². The fourth-order valence-electron chi connectivity index (χ4n) is 1.41. The molecule has 2 rings (SSSR count). The lowest BCUT2D eigenvalue weighted by molar-refractivity contribution is 0.945. The van der Waals surface area contributed by atoms with Gasteiger partial charge in [-0.15, -0.1) is 5.11 Å². The highest BCUT2D eigenvalue weighted by molar-refractivity contribution is 5.24. The van der Waals surface area contributed by atoms with E-state index in [0.29, 0.717) is 12.4 Å². The minimum absolute atomic E-state index is 0.595. The summed E-state index contributed by atoms with van der Waals surface area (Å²) in [7, 11) is 0.